The van der Waals surface area contributed by atoms with E-state index >= 15 is 0 Å². The van der Waals surface area contributed by atoms with Crippen molar-refractivity contribution in [1.82, 2.24) is 10.4 Å². The number of pyridine rings is 1. The third-order valence-corrected chi connectivity index (χ3v) is 6.41. The van der Waals surface area contributed by atoms with Crippen LogP contribution < -0.4 is 19.2 Å². The van der Waals surface area contributed by atoms with Gasteiger partial charge in [-0.3, -0.25) is 14.1 Å². The average molecular weight is 469 g/mol. The van der Waals surface area contributed by atoms with Crippen molar-refractivity contribution < 1.29 is 22.7 Å². The number of hydrogen-bond donors (Lipinski definition) is 1. The fourth-order valence-corrected chi connectivity index (χ4v) is 4.33. The maximum absolute atomic E-state index is 13.5. The van der Waals surface area contributed by atoms with Crippen LogP contribution >= 0.6 is 0 Å². The summed E-state index contributed by atoms with van der Waals surface area (Å²) in [6.07, 6.45) is 2.96. The second-order valence-corrected chi connectivity index (χ2v) is 8.77. The Bertz CT molecular complexity index is 1230. The minimum absolute atomic E-state index is 0.0488. The Kier molecular flexibility index (Phi) is 7.62. The van der Waals surface area contributed by atoms with E-state index in [1.54, 1.807) is 42.6 Å². The number of carbonyl (C=O) groups is 1. The lowest BCUT2D eigenvalue weighted by Gasteiger charge is -2.24. The summed E-state index contributed by atoms with van der Waals surface area (Å²) in [6.45, 7) is 1.35. The highest BCUT2D eigenvalue weighted by atomic mass is 32.2. The van der Waals surface area contributed by atoms with Crippen molar-refractivity contribution >= 4 is 27.8 Å². The highest BCUT2D eigenvalue weighted by Crippen LogP contribution is 2.33. The van der Waals surface area contributed by atoms with Crippen LogP contribution in [0.25, 0.3) is 0 Å². The van der Waals surface area contributed by atoms with Crippen LogP contribution in [0.1, 0.15) is 11.3 Å². The molecule has 0 unspecified atom stereocenters. The molecule has 172 valence electrons. The fraction of sp³-hybridized carbons (Fsp3) is 0.174. The summed E-state index contributed by atoms with van der Waals surface area (Å²) in [5.74, 6) is 0.124. The lowest BCUT2D eigenvalue weighted by Crippen LogP contribution is -2.39. The molecular formula is C23H24N4O5S. The van der Waals surface area contributed by atoms with E-state index in [2.05, 4.69) is 15.5 Å². The first-order valence-corrected chi connectivity index (χ1v) is 11.3. The quantitative estimate of drug-likeness (QED) is 0.382. The molecule has 0 saturated heterocycles. The van der Waals surface area contributed by atoms with Gasteiger partial charge in [0.25, 0.3) is 15.9 Å². The third-order valence-electron chi connectivity index (χ3n) is 4.63. The second-order valence-electron chi connectivity index (χ2n) is 6.91. The Labute approximate surface area is 192 Å². The maximum atomic E-state index is 13.5. The number of methoxy groups -OCH3 is 2. The molecule has 10 heteroatoms. The molecule has 33 heavy (non-hydrogen) atoms. The number of nitrogens with zero attached hydrogens (tertiary/aromatic N) is 3. The van der Waals surface area contributed by atoms with Gasteiger partial charge in [-0.1, -0.05) is 23.8 Å². The molecule has 0 radical (unpaired) electrons. The Morgan fingerprint density at radius 3 is 2.42 bits per heavy atom. The van der Waals surface area contributed by atoms with Gasteiger partial charge in [-0.15, -0.1) is 0 Å². The zero-order valence-corrected chi connectivity index (χ0v) is 19.2. The normalized spacial score (nSPS) is 11.2. The standard InChI is InChI=1S/C23H24N4O5S/c1-17-7-10-20(11-8-17)33(29,30)27(19-9-12-21(31-2)22(14-19)32-3)16-23(28)26-25-15-18-6-4-5-13-24-18/h4-15H,16H2,1-3H3,(H,26,28)/b25-15+. The van der Waals surface area contributed by atoms with E-state index in [1.807, 2.05) is 6.92 Å². The van der Waals surface area contributed by atoms with E-state index in [-0.39, 0.29) is 10.6 Å². The van der Waals surface area contributed by atoms with Crippen molar-refractivity contribution in [2.75, 3.05) is 25.1 Å². The molecule has 0 spiro atoms. The molecule has 2 aromatic carbocycles. The van der Waals surface area contributed by atoms with Gasteiger partial charge in [0.1, 0.15) is 6.54 Å². The summed E-state index contributed by atoms with van der Waals surface area (Å²) < 4.78 is 38.4. The molecule has 0 aliphatic heterocycles. The zero-order chi connectivity index (χ0) is 23.8. The van der Waals surface area contributed by atoms with Crippen LogP contribution in [0.15, 0.2) is 76.9 Å². The molecule has 1 aromatic heterocycles. The van der Waals surface area contributed by atoms with Crippen molar-refractivity contribution in [2.45, 2.75) is 11.8 Å². The molecule has 0 aliphatic carbocycles. The van der Waals surface area contributed by atoms with Crippen LogP contribution in [0.5, 0.6) is 11.5 Å². The molecule has 0 saturated carbocycles. The second kappa shape index (κ2) is 10.6. The van der Waals surface area contributed by atoms with Crippen LogP contribution in [0.2, 0.25) is 0 Å². The zero-order valence-electron chi connectivity index (χ0n) is 18.4. The molecule has 0 bridgehead atoms. The van der Waals surface area contributed by atoms with Crippen molar-refractivity contribution in [2.24, 2.45) is 5.10 Å². The minimum atomic E-state index is -4.08. The minimum Gasteiger partial charge on any atom is -0.493 e. The SMILES string of the molecule is COc1ccc(N(CC(=O)N/N=C/c2ccccn2)S(=O)(=O)c2ccc(C)cc2)cc1OC. The number of benzene rings is 2. The Hall–Kier alpha value is -3.92. The van der Waals surface area contributed by atoms with Gasteiger partial charge < -0.3 is 9.47 Å². The van der Waals surface area contributed by atoms with Crippen LogP contribution in [0.4, 0.5) is 5.69 Å². The van der Waals surface area contributed by atoms with Gasteiger partial charge in [0.15, 0.2) is 11.5 Å². The molecule has 0 atom stereocenters. The number of hydrazone groups is 1. The fourth-order valence-electron chi connectivity index (χ4n) is 2.92. The highest BCUT2D eigenvalue weighted by molar-refractivity contribution is 7.92. The first-order valence-electron chi connectivity index (χ1n) is 9.89. The van der Waals surface area contributed by atoms with E-state index in [0.717, 1.165) is 9.87 Å². The highest BCUT2D eigenvalue weighted by Gasteiger charge is 2.28. The summed E-state index contributed by atoms with van der Waals surface area (Å²) in [5.41, 5.74) is 4.03. The van der Waals surface area contributed by atoms with Crippen molar-refractivity contribution in [3.05, 3.63) is 78.1 Å². The summed E-state index contributed by atoms with van der Waals surface area (Å²) in [5, 5.41) is 3.86. The van der Waals surface area contributed by atoms with E-state index in [9.17, 15) is 13.2 Å². The lowest BCUT2D eigenvalue weighted by molar-refractivity contribution is -0.119. The topological polar surface area (TPSA) is 110 Å². The molecule has 3 rings (SSSR count). The third kappa shape index (κ3) is 5.86. The molecule has 9 nitrogen and oxygen atoms in total. The summed E-state index contributed by atoms with van der Waals surface area (Å²) in [4.78, 5) is 16.7. The van der Waals surface area contributed by atoms with Gasteiger partial charge in [0, 0.05) is 12.3 Å². The van der Waals surface area contributed by atoms with Crippen molar-refractivity contribution in [3.8, 4) is 11.5 Å². The molecular weight excluding hydrogens is 444 g/mol. The molecule has 1 N–H and O–H groups in total. The van der Waals surface area contributed by atoms with Gasteiger partial charge in [-0.2, -0.15) is 5.10 Å². The van der Waals surface area contributed by atoms with E-state index in [0.29, 0.717) is 17.2 Å². The Morgan fingerprint density at radius 1 is 1.06 bits per heavy atom. The van der Waals surface area contributed by atoms with Crippen LogP contribution in [0.3, 0.4) is 0 Å². The first kappa shape index (κ1) is 23.7. The summed E-state index contributed by atoms with van der Waals surface area (Å²) in [6, 6.07) is 16.2. The number of nitrogens with one attached hydrogen (secondary N) is 1. The Morgan fingerprint density at radius 2 is 1.79 bits per heavy atom. The number of hydrogen-bond acceptors (Lipinski definition) is 7. The van der Waals surface area contributed by atoms with Gasteiger partial charge in [-0.25, -0.2) is 13.8 Å². The smallest absolute Gasteiger partial charge is 0.264 e. The van der Waals surface area contributed by atoms with Gasteiger partial charge in [-0.05, 0) is 43.3 Å². The Balaban J connectivity index is 1.92. The monoisotopic (exact) mass is 468 g/mol. The molecule has 0 fully saturated rings. The van der Waals surface area contributed by atoms with Gasteiger partial charge >= 0.3 is 0 Å². The largest absolute Gasteiger partial charge is 0.493 e. The number of carbonyl (C=O) groups excluding carboxylic acids is 1. The number of rotatable bonds is 9. The predicted octanol–water partition coefficient (Wildman–Crippen LogP) is 2.75. The van der Waals surface area contributed by atoms with E-state index in [4.69, 9.17) is 9.47 Å². The molecule has 1 amide bonds. The van der Waals surface area contributed by atoms with Crippen LogP contribution in [-0.4, -0.2) is 46.3 Å². The van der Waals surface area contributed by atoms with Gasteiger partial charge in [0.2, 0.25) is 0 Å². The number of amides is 1. The molecule has 0 aliphatic rings. The van der Waals surface area contributed by atoms with E-state index < -0.39 is 22.5 Å². The van der Waals surface area contributed by atoms with Crippen LogP contribution in [-0.2, 0) is 14.8 Å². The number of aryl methyl sites for hydroxylation is 1. The average Bonchev–Trinajstić information content (AvgIpc) is 2.83. The first-order chi connectivity index (χ1) is 15.8. The number of anilines is 1. The molecule has 1 heterocycles. The summed E-state index contributed by atoms with van der Waals surface area (Å²) in [7, 11) is -1.15. The number of ether oxygens (including phenoxy) is 2. The van der Waals surface area contributed by atoms with Gasteiger partial charge in [0.05, 0.1) is 36.7 Å². The predicted molar refractivity (Wildman–Crippen MR) is 125 cm³/mol. The van der Waals surface area contributed by atoms with Crippen LogP contribution in [0, 0.1) is 6.92 Å². The maximum Gasteiger partial charge on any atom is 0.264 e. The van der Waals surface area contributed by atoms with Crippen molar-refractivity contribution in [3.63, 3.8) is 0 Å². The lowest BCUT2D eigenvalue weighted by atomic mass is 10.2. The van der Waals surface area contributed by atoms with E-state index in [1.165, 1.54) is 44.7 Å². The number of sulfonamides is 1. The molecule has 3 aromatic rings. The summed E-state index contributed by atoms with van der Waals surface area (Å²) >= 11 is 0. The van der Waals surface area contributed by atoms with Crippen molar-refractivity contribution in [1.29, 1.82) is 0 Å². The number of aromatic nitrogens is 1.